The Kier molecular flexibility index (Phi) is 6.75. The summed E-state index contributed by atoms with van der Waals surface area (Å²) in [5.74, 6) is -0.668. The summed E-state index contributed by atoms with van der Waals surface area (Å²) >= 11 is 6.00. The first-order chi connectivity index (χ1) is 16.4. The van der Waals surface area contributed by atoms with Gasteiger partial charge in [0.05, 0.1) is 17.8 Å². The Morgan fingerprint density at radius 2 is 1.41 bits per heavy atom. The fourth-order valence-electron chi connectivity index (χ4n) is 3.69. The van der Waals surface area contributed by atoms with Crippen LogP contribution in [0.3, 0.4) is 0 Å². The van der Waals surface area contributed by atoms with Gasteiger partial charge in [-0.05, 0) is 49.2 Å². The van der Waals surface area contributed by atoms with E-state index in [9.17, 15) is 14.4 Å². The van der Waals surface area contributed by atoms with E-state index in [2.05, 4.69) is 10.4 Å². The molecule has 0 aliphatic heterocycles. The monoisotopic (exact) mass is 474 g/mol. The van der Waals surface area contributed by atoms with Crippen LogP contribution in [-0.2, 0) is 0 Å². The predicted molar refractivity (Wildman–Crippen MR) is 132 cm³/mol. The molecule has 0 bridgehead atoms. The molecule has 34 heavy (non-hydrogen) atoms. The molecule has 0 fully saturated rings. The van der Waals surface area contributed by atoms with Crippen molar-refractivity contribution in [2.24, 2.45) is 0 Å². The Morgan fingerprint density at radius 1 is 0.853 bits per heavy atom. The third-order valence-electron chi connectivity index (χ3n) is 5.61. The van der Waals surface area contributed by atoms with Gasteiger partial charge >= 0.3 is 5.69 Å². The zero-order chi connectivity index (χ0) is 24.2. The van der Waals surface area contributed by atoms with Crippen molar-refractivity contribution in [3.05, 3.63) is 128 Å². The number of aromatic nitrogens is 3. The molecule has 7 nitrogen and oxygen atoms in total. The standard InChI is InChI=1S/C26H23ClN4O3/c1-17(19-9-5-3-6-10-19)28-24(32)23-25(33)30(18(2)20-11-7-4-8-12-20)26(34)31(29-23)22-15-13-21(27)14-16-22/h3-18H,1-2H3,(H,28,32)/t17-,18+/m0/s1. The second kappa shape index (κ2) is 9.89. The van der Waals surface area contributed by atoms with Crippen LogP contribution in [0.1, 0.15) is 47.5 Å². The number of nitrogens with zero attached hydrogens (tertiary/aromatic N) is 3. The third-order valence-corrected chi connectivity index (χ3v) is 5.86. The van der Waals surface area contributed by atoms with Gasteiger partial charge in [-0.1, -0.05) is 72.3 Å². The van der Waals surface area contributed by atoms with Crippen LogP contribution in [0.2, 0.25) is 5.02 Å². The topological polar surface area (TPSA) is 86.0 Å². The lowest BCUT2D eigenvalue weighted by Crippen LogP contribution is -2.47. The van der Waals surface area contributed by atoms with E-state index >= 15 is 0 Å². The zero-order valence-electron chi connectivity index (χ0n) is 18.7. The number of rotatable bonds is 6. The Labute approximate surface area is 201 Å². The molecular formula is C26H23ClN4O3. The van der Waals surface area contributed by atoms with E-state index in [1.54, 1.807) is 31.2 Å². The molecule has 0 spiro atoms. The summed E-state index contributed by atoms with van der Waals surface area (Å²) in [4.78, 5) is 40.0. The van der Waals surface area contributed by atoms with Crippen LogP contribution >= 0.6 is 11.6 Å². The van der Waals surface area contributed by atoms with E-state index in [1.807, 2.05) is 67.6 Å². The predicted octanol–water partition coefficient (Wildman–Crippen LogP) is 4.15. The Hall–Kier alpha value is -3.97. The lowest BCUT2D eigenvalue weighted by Gasteiger charge is -2.19. The van der Waals surface area contributed by atoms with Crippen LogP contribution in [0.25, 0.3) is 5.69 Å². The Morgan fingerprint density at radius 3 is 2.00 bits per heavy atom. The van der Waals surface area contributed by atoms with E-state index < -0.39 is 23.2 Å². The van der Waals surface area contributed by atoms with Crippen LogP contribution < -0.4 is 16.6 Å². The Balaban J connectivity index is 1.84. The molecule has 1 aromatic heterocycles. The van der Waals surface area contributed by atoms with E-state index in [-0.39, 0.29) is 11.7 Å². The minimum atomic E-state index is -0.760. The lowest BCUT2D eigenvalue weighted by atomic mass is 10.1. The highest BCUT2D eigenvalue weighted by molar-refractivity contribution is 6.30. The maximum atomic E-state index is 13.4. The van der Waals surface area contributed by atoms with Crippen LogP contribution in [0.15, 0.2) is 94.5 Å². The van der Waals surface area contributed by atoms with Crippen molar-refractivity contribution >= 4 is 17.5 Å². The molecule has 172 valence electrons. The van der Waals surface area contributed by atoms with Crippen molar-refractivity contribution in [2.45, 2.75) is 25.9 Å². The molecule has 0 aliphatic rings. The van der Waals surface area contributed by atoms with Gasteiger partial charge in [0.2, 0.25) is 5.69 Å². The summed E-state index contributed by atoms with van der Waals surface area (Å²) < 4.78 is 2.11. The molecule has 1 amide bonds. The van der Waals surface area contributed by atoms with Gasteiger partial charge in [-0.3, -0.25) is 9.59 Å². The first-order valence-corrected chi connectivity index (χ1v) is 11.2. The third kappa shape index (κ3) is 4.70. The SMILES string of the molecule is C[C@H](NC(=O)c1nn(-c2ccc(Cl)cc2)c(=O)n([C@H](C)c2ccccc2)c1=O)c1ccccc1. The van der Waals surface area contributed by atoms with E-state index in [4.69, 9.17) is 11.6 Å². The number of carbonyl (C=O) groups excluding carboxylic acids is 1. The van der Waals surface area contributed by atoms with Crippen LogP contribution in [0.4, 0.5) is 0 Å². The first-order valence-electron chi connectivity index (χ1n) is 10.8. The molecular weight excluding hydrogens is 452 g/mol. The van der Waals surface area contributed by atoms with Gasteiger partial charge in [0.25, 0.3) is 11.5 Å². The van der Waals surface area contributed by atoms with Crippen molar-refractivity contribution in [3.63, 3.8) is 0 Å². The molecule has 0 radical (unpaired) electrons. The fraction of sp³-hybridized carbons (Fsp3) is 0.154. The number of benzene rings is 3. The summed E-state index contributed by atoms with van der Waals surface area (Å²) in [5.41, 5.74) is 0.216. The largest absolute Gasteiger partial charge is 0.352 e. The summed E-state index contributed by atoms with van der Waals surface area (Å²) in [6.45, 7) is 3.55. The van der Waals surface area contributed by atoms with Gasteiger partial charge in [-0.25, -0.2) is 9.36 Å². The highest BCUT2D eigenvalue weighted by Crippen LogP contribution is 2.16. The molecule has 3 aromatic carbocycles. The average Bonchev–Trinajstić information content (AvgIpc) is 2.86. The van der Waals surface area contributed by atoms with Gasteiger partial charge in [0.15, 0.2) is 0 Å². The fourth-order valence-corrected chi connectivity index (χ4v) is 3.82. The molecule has 4 aromatic rings. The van der Waals surface area contributed by atoms with Crippen molar-refractivity contribution in [1.82, 2.24) is 19.7 Å². The lowest BCUT2D eigenvalue weighted by molar-refractivity contribution is 0.0929. The second-order valence-electron chi connectivity index (χ2n) is 7.89. The molecule has 0 aliphatic carbocycles. The minimum Gasteiger partial charge on any atom is -0.344 e. The number of halogens is 1. The van der Waals surface area contributed by atoms with Gasteiger partial charge in [-0.15, -0.1) is 0 Å². The van der Waals surface area contributed by atoms with Gasteiger partial charge < -0.3 is 5.32 Å². The molecule has 8 heteroatoms. The van der Waals surface area contributed by atoms with Gasteiger partial charge in [0, 0.05) is 5.02 Å². The van der Waals surface area contributed by atoms with Crippen molar-refractivity contribution in [1.29, 1.82) is 0 Å². The average molecular weight is 475 g/mol. The van der Waals surface area contributed by atoms with Crippen molar-refractivity contribution < 1.29 is 4.79 Å². The molecule has 1 N–H and O–H groups in total. The normalized spacial score (nSPS) is 12.7. The van der Waals surface area contributed by atoms with Gasteiger partial charge in [-0.2, -0.15) is 9.78 Å². The smallest absolute Gasteiger partial charge is 0.344 e. The van der Waals surface area contributed by atoms with Crippen molar-refractivity contribution in [3.8, 4) is 5.69 Å². The number of hydrogen-bond acceptors (Lipinski definition) is 4. The zero-order valence-corrected chi connectivity index (χ0v) is 19.4. The van der Waals surface area contributed by atoms with Crippen LogP contribution in [-0.4, -0.2) is 20.3 Å². The van der Waals surface area contributed by atoms with Crippen molar-refractivity contribution in [2.75, 3.05) is 0 Å². The molecule has 0 saturated carbocycles. The number of carbonyl (C=O) groups is 1. The maximum Gasteiger partial charge on any atom is 0.352 e. The van der Waals surface area contributed by atoms with E-state index in [0.29, 0.717) is 10.7 Å². The summed E-state index contributed by atoms with van der Waals surface area (Å²) in [6, 6.07) is 23.9. The molecule has 2 atom stereocenters. The van der Waals surface area contributed by atoms with Crippen LogP contribution in [0.5, 0.6) is 0 Å². The highest BCUT2D eigenvalue weighted by atomic mass is 35.5. The number of hydrogen-bond donors (Lipinski definition) is 1. The van der Waals surface area contributed by atoms with Crippen LogP contribution in [0, 0.1) is 0 Å². The molecule has 1 heterocycles. The first kappa shape index (κ1) is 23.2. The number of nitrogens with one attached hydrogen (secondary N) is 1. The van der Waals surface area contributed by atoms with E-state index in [1.165, 1.54) is 0 Å². The van der Waals surface area contributed by atoms with E-state index in [0.717, 1.165) is 20.4 Å². The number of amides is 1. The quantitative estimate of drug-likeness (QED) is 0.455. The molecule has 0 unspecified atom stereocenters. The molecule has 0 saturated heterocycles. The maximum absolute atomic E-state index is 13.4. The summed E-state index contributed by atoms with van der Waals surface area (Å²) in [7, 11) is 0. The second-order valence-corrected chi connectivity index (χ2v) is 8.32. The summed E-state index contributed by atoms with van der Waals surface area (Å²) in [5, 5.41) is 7.47. The highest BCUT2D eigenvalue weighted by Gasteiger charge is 2.24. The summed E-state index contributed by atoms with van der Waals surface area (Å²) in [6.07, 6.45) is 0. The minimum absolute atomic E-state index is 0.370. The Bertz CT molecular complexity index is 1410. The van der Waals surface area contributed by atoms with Gasteiger partial charge in [0.1, 0.15) is 0 Å². The molecule has 4 rings (SSSR count).